The van der Waals surface area contributed by atoms with Crippen LogP contribution >= 0.6 is 0 Å². The fourth-order valence-corrected chi connectivity index (χ4v) is 2.09. The number of aliphatic hydroxyl groups is 1. The lowest BCUT2D eigenvalue weighted by Crippen LogP contribution is -2.27. The van der Waals surface area contributed by atoms with Gasteiger partial charge in [0.05, 0.1) is 12.3 Å². The molecule has 2 rings (SSSR count). The fourth-order valence-electron chi connectivity index (χ4n) is 2.09. The van der Waals surface area contributed by atoms with E-state index in [1.807, 2.05) is 36.4 Å². The highest BCUT2D eigenvalue weighted by atomic mass is 16.5. The van der Waals surface area contributed by atoms with Crippen molar-refractivity contribution in [3.63, 3.8) is 0 Å². The van der Waals surface area contributed by atoms with Crippen LogP contribution in [-0.4, -0.2) is 36.1 Å². The van der Waals surface area contributed by atoms with Crippen LogP contribution in [0.1, 0.15) is 11.1 Å². The van der Waals surface area contributed by atoms with Crippen LogP contribution in [0, 0.1) is 0 Å². The molecule has 5 nitrogen and oxygen atoms in total. The Morgan fingerprint density at radius 2 is 2.00 bits per heavy atom. The Bertz CT molecular complexity index is 699. The molecule has 0 aromatic heterocycles. The van der Waals surface area contributed by atoms with Gasteiger partial charge in [0, 0.05) is 19.7 Å². The molecule has 2 aromatic rings. The summed E-state index contributed by atoms with van der Waals surface area (Å²) in [4.78, 5) is 13.2. The number of carbonyl (C=O) groups excluding carboxylic acids is 1. The number of ether oxygens (including phenoxy) is 1. The molecule has 5 heteroatoms. The third-order valence-electron chi connectivity index (χ3n) is 3.50. The molecule has 0 aliphatic carbocycles. The second-order valence-corrected chi connectivity index (χ2v) is 5.39. The summed E-state index contributed by atoms with van der Waals surface area (Å²) in [6.07, 6.45) is 3.14. The van der Waals surface area contributed by atoms with E-state index in [2.05, 4.69) is 0 Å². The molecule has 0 bridgehead atoms. The number of amides is 1. The molecule has 0 saturated carbocycles. The molecular weight excluding hydrogens is 304 g/mol. The van der Waals surface area contributed by atoms with Gasteiger partial charge in [0.25, 0.3) is 0 Å². The Labute approximate surface area is 142 Å². The SMILES string of the molecule is CN(CCO)C(=O)/C=C\c1ccc(OCc2ccccc2)c(N)c1. The summed E-state index contributed by atoms with van der Waals surface area (Å²) >= 11 is 0. The van der Waals surface area contributed by atoms with Gasteiger partial charge < -0.3 is 20.5 Å². The largest absolute Gasteiger partial charge is 0.487 e. The molecule has 0 radical (unpaired) electrons. The maximum absolute atomic E-state index is 11.8. The molecule has 0 spiro atoms. The number of benzene rings is 2. The van der Waals surface area contributed by atoms with E-state index in [4.69, 9.17) is 15.6 Å². The van der Waals surface area contributed by atoms with Gasteiger partial charge in [-0.15, -0.1) is 0 Å². The molecular formula is C19H22N2O3. The third kappa shape index (κ3) is 5.14. The summed E-state index contributed by atoms with van der Waals surface area (Å²) in [5.41, 5.74) is 8.41. The van der Waals surface area contributed by atoms with Gasteiger partial charge in [-0.05, 0) is 29.3 Å². The summed E-state index contributed by atoms with van der Waals surface area (Å²) in [7, 11) is 1.64. The normalized spacial score (nSPS) is 10.8. The number of nitrogens with zero attached hydrogens (tertiary/aromatic N) is 1. The van der Waals surface area contributed by atoms with Gasteiger partial charge in [-0.25, -0.2) is 0 Å². The lowest BCUT2D eigenvalue weighted by atomic mass is 10.1. The fraction of sp³-hybridized carbons (Fsp3) is 0.211. The molecule has 0 fully saturated rings. The van der Waals surface area contributed by atoms with Crippen molar-refractivity contribution in [2.75, 3.05) is 25.9 Å². The smallest absolute Gasteiger partial charge is 0.246 e. The average Bonchev–Trinajstić information content (AvgIpc) is 2.60. The van der Waals surface area contributed by atoms with E-state index >= 15 is 0 Å². The maximum atomic E-state index is 11.8. The Morgan fingerprint density at radius 3 is 2.67 bits per heavy atom. The standard InChI is InChI=1S/C19H22N2O3/c1-21(11-12-22)19(23)10-8-15-7-9-18(17(20)13-15)24-14-16-5-3-2-4-6-16/h2-10,13,22H,11-12,14,20H2,1H3/b10-8-. The van der Waals surface area contributed by atoms with Crippen molar-refractivity contribution < 1.29 is 14.6 Å². The van der Waals surface area contributed by atoms with Crippen LogP contribution in [0.25, 0.3) is 6.08 Å². The summed E-state index contributed by atoms with van der Waals surface area (Å²) in [5, 5.41) is 8.82. The molecule has 2 aromatic carbocycles. The molecule has 0 saturated heterocycles. The van der Waals surface area contributed by atoms with E-state index in [0.29, 0.717) is 24.6 Å². The summed E-state index contributed by atoms with van der Waals surface area (Å²) in [6, 6.07) is 15.2. The minimum atomic E-state index is -0.174. The first kappa shape index (κ1) is 17.6. The lowest BCUT2D eigenvalue weighted by Gasteiger charge is -2.12. The Hall–Kier alpha value is -2.79. The summed E-state index contributed by atoms with van der Waals surface area (Å²) in [5.74, 6) is 0.437. The van der Waals surface area contributed by atoms with Crippen LogP contribution in [0.3, 0.4) is 0 Å². The van der Waals surface area contributed by atoms with Crippen molar-refractivity contribution in [1.29, 1.82) is 0 Å². The molecule has 0 aliphatic heterocycles. The lowest BCUT2D eigenvalue weighted by molar-refractivity contribution is -0.125. The van der Waals surface area contributed by atoms with Gasteiger partial charge in [0.2, 0.25) is 5.91 Å². The molecule has 0 heterocycles. The first-order chi connectivity index (χ1) is 11.6. The minimum Gasteiger partial charge on any atom is -0.487 e. The number of carbonyl (C=O) groups is 1. The number of rotatable bonds is 7. The van der Waals surface area contributed by atoms with Crippen LogP contribution < -0.4 is 10.5 Å². The van der Waals surface area contributed by atoms with Crippen molar-refractivity contribution >= 4 is 17.7 Å². The van der Waals surface area contributed by atoms with E-state index < -0.39 is 0 Å². The molecule has 1 amide bonds. The average molecular weight is 326 g/mol. The Balaban J connectivity index is 1.97. The Morgan fingerprint density at radius 1 is 1.25 bits per heavy atom. The monoisotopic (exact) mass is 326 g/mol. The number of nitrogen functional groups attached to an aromatic ring is 1. The van der Waals surface area contributed by atoms with E-state index in [1.165, 1.54) is 11.0 Å². The maximum Gasteiger partial charge on any atom is 0.246 e. The summed E-state index contributed by atoms with van der Waals surface area (Å²) < 4.78 is 5.72. The molecule has 0 aliphatic rings. The van der Waals surface area contributed by atoms with Crippen molar-refractivity contribution in [3.05, 3.63) is 65.7 Å². The zero-order valence-electron chi connectivity index (χ0n) is 13.7. The van der Waals surface area contributed by atoms with Crippen molar-refractivity contribution in [2.24, 2.45) is 0 Å². The van der Waals surface area contributed by atoms with Gasteiger partial charge in [-0.2, -0.15) is 0 Å². The molecule has 0 atom stereocenters. The number of aliphatic hydroxyl groups excluding tert-OH is 1. The predicted molar refractivity (Wildman–Crippen MR) is 95.4 cm³/mol. The minimum absolute atomic E-state index is 0.0590. The number of likely N-dealkylation sites (N-methyl/N-ethyl adjacent to an activating group) is 1. The van der Waals surface area contributed by atoms with Gasteiger partial charge in [-0.3, -0.25) is 4.79 Å². The van der Waals surface area contributed by atoms with E-state index in [9.17, 15) is 4.79 Å². The first-order valence-electron chi connectivity index (χ1n) is 7.70. The number of hydrogen-bond acceptors (Lipinski definition) is 4. The van der Waals surface area contributed by atoms with Crippen molar-refractivity contribution in [1.82, 2.24) is 4.90 Å². The van der Waals surface area contributed by atoms with Crippen molar-refractivity contribution in [3.8, 4) is 5.75 Å². The number of anilines is 1. The highest BCUT2D eigenvalue weighted by Crippen LogP contribution is 2.24. The molecule has 0 unspecified atom stereocenters. The van der Waals surface area contributed by atoms with Gasteiger partial charge in [0.15, 0.2) is 0 Å². The highest BCUT2D eigenvalue weighted by molar-refractivity contribution is 5.91. The van der Waals surface area contributed by atoms with Crippen LogP contribution in [0.2, 0.25) is 0 Å². The van der Waals surface area contributed by atoms with E-state index in [0.717, 1.165) is 11.1 Å². The van der Waals surface area contributed by atoms with Crippen LogP contribution in [-0.2, 0) is 11.4 Å². The first-order valence-corrected chi connectivity index (χ1v) is 7.70. The quantitative estimate of drug-likeness (QED) is 0.605. The summed E-state index contributed by atoms with van der Waals surface area (Å²) in [6.45, 7) is 0.693. The van der Waals surface area contributed by atoms with Crippen LogP contribution in [0.15, 0.2) is 54.6 Å². The highest BCUT2D eigenvalue weighted by Gasteiger charge is 2.04. The third-order valence-corrected chi connectivity index (χ3v) is 3.50. The van der Waals surface area contributed by atoms with Gasteiger partial charge >= 0.3 is 0 Å². The van der Waals surface area contributed by atoms with Crippen LogP contribution in [0.4, 0.5) is 5.69 Å². The number of nitrogens with two attached hydrogens (primary N) is 1. The van der Waals surface area contributed by atoms with E-state index in [-0.39, 0.29) is 12.5 Å². The number of hydrogen-bond donors (Lipinski definition) is 2. The zero-order valence-corrected chi connectivity index (χ0v) is 13.7. The second kappa shape index (κ2) is 8.74. The van der Waals surface area contributed by atoms with E-state index in [1.54, 1.807) is 25.3 Å². The topological polar surface area (TPSA) is 75.8 Å². The Kier molecular flexibility index (Phi) is 6.40. The second-order valence-electron chi connectivity index (χ2n) is 5.39. The molecule has 24 heavy (non-hydrogen) atoms. The van der Waals surface area contributed by atoms with Crippen molar-refractivity contribution in [2.45, 2.75) is 6.61 Å². The zero-order chi connectivity index (χ0) is 17.4. The van der Waals surface area contributed by atoms with Gasteiger partial charge in [0.1, 0.15) is 12.4 Å². The van der Waals surface area contributed by atoms with Crippen LogP contribution in [0.5, 0.6) is 5.75 Å². The van der Waals surface area contributed by atoms with Gasteiger partial charge in [-0.1, -0.05) is 36.4 Å². The molecule has 126 valence electrons. The molecule has 3 N–H and O–H groups in total. The predicted octanol–water partition coefficient (Wildman–Crippen LogP) is 2.31.